The molecule has 0 fully saturated rings. The van der Waals surface area contributed by atoms with Crippen LogP contribution in [0, 0.1) is 0 Å². The van der Waals surface area contributed by atoms with Crippen LogP contribution in [-0.2, 0) is 12.7 Å². The lowest BCUT2D eigenvalue weighted by atomic mass is 10.3. The average molecular weight is 221 g/mol. The van der Waals surface area contributed by atoms with E-state index in [9.17, 15) is 13.2 Å². The van der Waals surface area contributed by atoms with E-state index in [4.69, 9.17) is 0 Å². The standard InChI is InChI=1S/C9H14F3N3/c1-7(2)13-3-4-15-6-8(5-14-15)9(10,11)12/h5-7,13H,3-4H2,1-2H3. The number of nitrogens with one attached hydrogen (secondary N) is 1. The van der Waals surface area contributed by atoms with E-state index in [2.05, 4.69) is 10.4 Å². The van der Waals surface area contributed by atoms with E-state index < -0.39 is 11.7 Å². The number of rotatable bonds is 4. The third-order valence-electron chi connectivity index (χ3n) is 1.85. The number of hydrogen-bond acceptors (Lipinski definition) is 2. The first-order valence-electron chi connectivity index (χ1n) is 4.72. The number of hydrogen-bond donors (Lipinski definition) is 1. The molecule has 1 heterocycles. The fourth-order valence-electron chi connectivity index (χ4n) is 1.10. The summed E-state index contributed by atoms with van der Waals surface area (Å²) >= 11 is 0. The van der Waals surface area contributed by atoms with Gasteiger partial charge in [-0.1, -0.05) is 13.8 Å². The predicted octanol–water partition coefficient (Wildman–Crippen LogP) is 1.90. The van der Waals surface area contributed by atoms with Crippen LogP contribution in [0.1, 0.15) is 19.4 Å². The van der Waals surface area contributed by atoms with Crippen molar-refractivity contribution in [1.82, 2.24) is 15.1 Å². The van der Waals surface area contributed by atoms with Crippen molar-refractivity contribution in [3.05, 3.63) is 18.0 Å². The molecule has 0 bridgehead atoms. The second kappa shape index (κ2) is 4.65. The average Bonchev–Trinajstić information content (AvgIpc) is 2.51. The summed E-state index contributed by atoms with van der Waals surface area (Å²) in [5, 5.41) is 6.74. The zero-order chi connectivity index (χ0) is 11.5. The Hall–Kier alpha value is -1.04. The Labute approximate surface area is 86.3 Å². The second-order valence-electron chi connectivity index (χ2n) is 3.60. The van der Waals surface area contributed by atoms with Crippen LogP contribution in [0.4, 0.5) is 13.2 Å². The Morgan fingerprint density at radius 1 is 1.47 bits per heavy atom. The maximum absolute atomic E-state index is 12.2. The highest BCUT2D eigenvalue weighted by molar-refractivity contribution is 5.08. The lowest BCUT2D eigenvalue weighted by Gasteiger charge is -2.07. The van der Waals surface area contributed by atoms with Gasteiger partial charge in [0.2, 0.25) is 0 Å². The molecule has 6 heteroatoms. The van der Waals surface area contributed by atoms with Crippen molar-refractivity contribution >= 4 is 0 Å². The van der Waals surface area contributed by atoms with E-state index in [1.165, 1.54) is 4.68 Å². The molecule has 3 nitrogen and oxygen atoms in total. The molecular weight excluding hydrogens is 207 g/mol. The summed E-state index contributed by atoms with van der Waals surface area (Å²) in [6.45, 7) is 5.00. The van der Waals surface area contributed by atoms with Crippen LogP contribution in [-0.4, -0.2) is 22.4 Å². The van der Waals surface area contributed by atoms with Gasteiger partial charge in [0.25, 0.3) is 0 Å². The van der Waals surface area contributed by atoms with Crippen molar-refractivity contribution < 1.29 is 13.2 Å². The molecule has 1 rings (SSSR count). The summed E-state index contributed by atoms with van der Waals surface area (Å²) < 4.78 is 37.8. The van der Waals surface area contributed by atoms with Gasteiger partial charge in [0.1, 0.15) is 0 Å². The Balaban J connectivity index is 2.47. The Morgan fingerprint density at radius 3 is 2.60 bits per heavy atom. The van der Waals surface area contributed by atoms with Gasteiger partial charge in [-0.05, 0) is 0 Å². The van der Waals surface area contributed by atoms with E-state index in [1.54, 1.807) is 0 Å². The summed E-state index contributed by atoms with van der Waals surface area (Å²) in [7, 11) is 0. The normalized spacial score (nSPS) is 12.4. The molecule has 0 saturated heterocycles. The van der Waals surface area contributed by atoms with Gasteiger partial charge in [-0.2, -0.15) is 18.3 Å². The quantitative estimate of drug-likeness (QED) is 0.841. The lowest BCUT2D eigenvalue weighted by Crippen LogP contribution is -2.26. The molecule has 0 radical (unpaired) electrons. The third-order valence-corrected chi connectivity index (χ3v) is 1.85. The molecular formula is C9H14F3N3. The van der Waals surface area contributed by atoms with Gasteiger partial charge < -0.3 is 5.32 Å². The van der Waals surface area contributed by atoms with Crippen molar-refractivity contribution in [1.29, 1.82) is 0 Å². The fourth-order valence-corrected chi connectivity index (χ4v) is 1.10. The zero-order valence-corrected chi connectivity index (χ0v) is 8.67. The first kappa shape index (κ1) is 12.0. The molecule has 0 aromatic carbocycles. The van der Waals surface area contributed by atoms with Crippen LogP contribution >= 0.6 is 0 Å². The minimum absolute atomic E-state index is 0.322. The number of nitrogens with zero attached hydrogens (tertiary/aromatic N) is 2. The van der Waals surface area contributed by atoms with Crippen molar-refractivity contribution in [2.75, 3.05) is 6.54 Å². The first-order valence-corrected chi connectivity index (χ1v) is 4.72. The minimum atomic E-state index is -4.30. The number of alkyl halides is 3. The second-order valence-corrected chi connectivity index (χ2v) is 3.60. The van der Waals surface area contributed by atoms with Crippen LogP contribution in [0.3, 0.4) is 0 Å². The Bertz CT molecular complexity index is 304. The molecule has 0 unspecified atom stereocenters. The lowest BCUT2D eigenvalue weighted by molar-refractivity contribution is -0.137. The predicted molar refractivity (Wildman–Crippen MR) is 50.4 cm³/mol. The summed E-state index contributed by atoms with van der Waals surface area (Å²) in [5.74, 6) is 0. The maximum atomic E-state index is 12.2. The Kier molecular flexibility index (Phi) is 3.73. The molecule has 0 aliphatic heterocycles. The molecule has 0 amide bonds. The van der Waals surface area contributed by atoms with Crippen LogP contribution in [0.15, 0.2) is 12.4 Å². The summed E-state index contributed by atoms with van der Waals surface area (Å²) in [6, 6.07) is 0.322. The van der Waals surface area contributed by atoms with Crippen molar-refractivity contribution in [2.45, 2.75) is 32.6 Å². The van der Waals surface area contributed by atoms with Gasteiger partial charge in [0, 0.05) is 18.8 Å². The van der Waals surface area contributed by atoms with Crippen LogP contribution in [0.25, 0.3) is 0 Å². The molecule has 1 aromatic rings. The fraction of sp³-hybridized carbons (Fsp3) is 0.667. The molecule has 0 atom stereocenters. The van der Waals surface area contributed by atoms with E-state index in [0.717, 1.165) is 12.4 Å². The molecule has 0 spiro atoms. The maximum Gasteiger partial charge on any atom is 0.419 e. The zero-order valence-electron chi connectivity index (χ0n) is 8.67. The van der Waals surface area contributed by atoms with Crippen molar-refractivity contribution in [3.63, 3.8) is 0 Å². The molecule has 15 heavy (non-hydrogen) atoms. The van der Waals surface area contributed by atoms with Gasteiger partial charge >= 0.3 is 6.18 Å². The van der Waals surface area contributed by atoms with E-state index in [-0.39, 0.29) is 0 Å². The first-order chi connectivity index (χ1) is 6.89. The van der Waals surface area contributed by atoms with Crippen LogP contribution < -0.4 is 5.32 Å². The highest BCUT2D eigenvalue weighted by Crippen LogP contribution is 2.28. The third kappa shape index (κ3) is 3.91. The monoisotopic (exact) mass is 221 g/mol. The van der Waals surface area contributed by atoms with Crippen molar-refractivity contribution in [2.24, 2.45) is 0 Å². The number of halogens is 3. The summed E-state index contributed by atoms with van der Waals surface area (Å²) in [4.78, 5) is 0. The van der Waals surface area contributed by atoms with Gasteiger partial charge in [0.05, 0.1) is 18.3 Å². The minimum Gasteiger partial charge on any atom is -0.313 e. The topological polar surface area (TPSA) is 29.9 Å². The smallest absolute Gasteiger partial charge is 0.313 e. The highest BCUT2D eigenvalue weighted by Gasteiger charge is 2.31. The summed E-state index contributed by atoms with van der Waals surface area (Å²) in [6.07, 6.45) is -2.44. The molecule has 1 N–H and O–H groups in total. The molecule has 1 aromatic heterocycles. The molecule has 0 saturated carbocycles. The van der Waals surface area contributed by atoms with Gasteiger partial charge in [-0.15, -0.1) is 0 Å². The molecule has 0 aliphatic rings. The van der Waals surface area contributed by atoms with Crippen LogP contribution in [0.2, 0.25) is 0 Å². The van der Waals surface area contributed by atoms with E-state index >= 15 is 0 Å². The van der Waals surface area contributed by atoms with E-state index in [0.29, 0.717) is 19.1 Å². The summed E-state index contributed by atoms with van der Waals surface area (Å²) in [5.41, 5.74) is -0.702. The van der Waals surface area contributed by atoms with Gasteiger partial charge in [0.15, 0.2) is 0 Å². The van der Waals surface area contributed by atoms with Gasteiger partial charge in [-0.3, -0.25) is 4.68 Å². The molecule has 0 aliphatic carbocycles. The van der Waals surface area contributed by atoms with E-state index in [1.807, 2.05) is 13.8 Å². The largest absolute Gasteiger partial charge is 0.419 e. The van der Waals surface area contributed by atoms with Crippen molar-refractivity contribution in [3.8, 4) is 0 Å². The highest BCUT2D eigenvalue weighted by atomic mass is 19.4. The van der Waals surface area contributed by atoms with Gasteiger partial charge in [-0.25, -0.2) is 0 Å². The Morgan fingerprint density at radius 2 is 2.13 bits per heavy atom. The SMILES string of the molecule is CC(C)NCCn1cc(C(F)(F)F)cn1. The van der Waals surface area contributed by atoms with Crippen LogP contribution in [0.5, 0.6) is 0 Å². The molecule has 86 valence electrons. The number of aromatic nitrogens is 2.